The molecule has 0 saturated heterocycles. The van der Waals surface area contributed by atoms with Gasteiger partial charge in [-0.15, -0.1) is 0 Å². The van der Waals surface area contributed by atoms with E-state index in [1.165, 1.54) is 5.56 Å². The Bertz CT molecular complexity index is 595. The van der Waals surface area contributed by atoms with Crippen LogP contribution < -0.4 is 14.8 Å². The Morgan fingerprint density at radius 3 is 3.15 bits per heavy atom. The summed E-state index contributed by atoms with van der Waals surface area (Å²) in [7, 11) is 1.96. The summed E-state index contributed by atoms with van der Waals surface area (Å²) in [5.74, 6) is 2.62. The first-order valence-corrected chi connectivity index (χ1v) is 6.87. The van der Waals surface area contributed by atoms with E-state index in [0.29, 0.717) is 19.3 Å². The third-order valence-corrected chi connectivity index (χ3v) is 3.51. The van der Waals surface area contributed by atoms with Gasteiger partial charge < -0.3 is 19.4 Å². The Balaban J connectivity index is 1.69. The van der Waals surface area contributed by atoms with E-state index in [1.807, 2.05) is 29.9 Å². The summed E-state index contributed by atoms with van der Waals surface area (Å²) in [6.45, 7) is 4.18. The summed E-state index contributed by atoms with van der Waals surface area (Å²) < 4.78 is 13.4. The molecular formula is C15H19N3O2. The molecule has 20 heavy (non-hydrogen) atoms. The van der Waals surface area contributed by atoms with Crippen molar-refractivity contribution in [1.82, 2.24) is 14.9 Å². The minimum atomic E-state index is 0.290. The van der Waals surface area contributed by atoms with Crippen molar-refractivity contribution in [3.63, 3.8) is 0 Å². The van der Waals surface area contributed by atoms with Crippen LogP contribution in [-0.2, 0) is 13.7 Å². The number of ether oxygens (including phenoxy) is 2. The molecule has 3 rings (SSSR count). The molecule has 0 bridgehead atoms. The number of aryl methyl sites for hydroxylation is 1. The Hall–Kier alpha value is -2.01. The van der Waals surface area contributed by atoms with Crippen LogP contribution in [-0.4, -0.2) is 22.7 Å². The fourth-order valence-electron chi connectivity index (χ4n) is 2.38. The van der Waals surface area contributed by atoms with E-state index in [1.54, 1.807) is 6.20 Å². The van der Waals surface area contributed by atoms with Gasteiger partial charge in [0.15, 0.2) is 0 Å². The SMILES string of the molecule is CCNC1COc2cc(OCc3nccn3C)ccc21. The number of aromatic nitrogens is 2. The topological polar surface area (TPSA) is 48.3 Å². The van der Waals surface area contributed by atoms with Crippen molar-refractivity contribution in [2.24, 2.45) is 7.05 Å². The average molecular weight is 273 g/mol. The number of hydrogen-bond donors (Lipinski definition) is 1. The van der Waals surface area contributed by atoms with Gasteiger partial charge in [0, 0.05) is 31.1 Å². The zero-order valence-corrected chi connectivity index (χ0v) is 11.8. The Kier molecular flexibility index (Phi) is 3.60. The molecule has 1 aromatic carbocycles. The smallest absolute Gasteiger partial charge is 0.146 e. The maximum Gasteiger partial charge on any atom is 0.146 e. The van der Waals surface area contributed by atoms with Crippen molar-refractivity contribution in [3.05, 3.63) is 42.0 Å². The van der Waals surface area contributed by atoms with Crippen LogP contribution in [0.2, 0.25) is 0 Å². The molecule has 0 aliphatic carbocycles. The number of hydrogen-bond acceptors (Lipinski definition) is 4. The van der Waals surface area contributed by atoms with Crippen LogP contribution >= 0.6 is 0 Å². The molecule has 5 nitrogen and oxygen atoms in total. The second-order valence-corrected chi connectivity index (χ2v) is 4.86. The monoisotopic (exact) mass is 273 g/mol. The highest BCUT2D eigenvalue weighted by Gasteiger charge is 2.23. The second-order valence-electron chi connectivity index (χ2n) is 4.86. The van der Waals surface area contributed by atoms with Crippen molar-refractivity contribution in [2.75, 3.05) is 13.2 Å². The molecule has 0 radical (unpaired) electrons. The number of nitrogens with zero attached hydrogens (tertiary/aromatic N) is 2. The van der Waals surface area contributed by atoms with Crippen LogP contribution in [0.5, 0.6) is 11.5 Å². The minimum absolute atomic E-state index is 0.290. The molecule has 0 fully saturated rings. The predicted octanol–water partition coefficient (Wildman–Crippen LogP) is 2.04. The zero-order chi connectivity index (χ0) is 13.9. The lowest BCUT2D eigenvalue weighted by molar-refractivity contribution is 0.287. The van der Waals surface area contributed by atoms with E-state index in [0.717, 1.165) is 23.9 Å². The van der Waals surface area contributed by atoms with Crippen molar-refractivity contribution >= 4 is 0 Å². The van der Waals surface area contributed by atoms with Crippen LogP contribution in [0.1, 0.15) is 24.4 Å². The summed E-state index contributed by atoms with van der Waals surface area (Å²) in [5.41, 5.74) is 1.20. The highest BCUT2D eigenvalue weighted by Crippen LogP contribution is 2.35. The standard InChI is InChI=1S/C15H19N3O2/c1-3-16-13-9-20-14-8-11(4-5-12(13)14)19-10-15-17-6-7-18(15)2/h4-8,13,16H,3,9-10H2,1-2H3. The lowest BCUT2D eigenvalue weighted by atomic mass is 10.1. The molecule has 1 aliphatic heterocycles. The van der Waals surface area contributed by atoms with Crippen molar-refractivity contribution in [1.29, 1.82) is 0 Å². The van der Waals surface area contributed by atoms with Gasteiger partial charge in [0.25, 0.3) is 0 Å². The molecule has 106 valence electrons. The molecular weight excluding hydrogens is 254 g/mol. The van der Waals surface area contributed by atoms with Gasteiger partial charge in [-0.1, -0.05) is 6.92 Å². The fraction of sp³-hybridized carbons (Fsp3) is 0.400. The molecule has 2 aromatic rings. The highest BCUT2D eigenvalue weighted by atomic mass is 16.5. The van der Waals surface area contributed by atoms with Crippen LogP contribution in [0.4, 0.5) is 0 Å². The second kappa shape index (κ2) is 5.54. The number of nitrogens with one attached hydrogen (secondary N) is 1. The third kappa shape index (κ3) is 2.49. The highest BCUT2D eigenvalue weighted by molar-refractivity contribution is 5.45. The molecule has 1 N–H and O–H groups in total. The number of fused-ring (bicyclic) bond motifs is 1. The van der Waals surface area contributed by atoms with Gasteiger partial charge in [-0.3, -0.25) is 0 Å². The molecule has 0 spiro atoms. The van der Waals surface area contributed by atoms with E-state index in [-0.39, 0.29) is 0 Å². The Morgan fingerprint density at radius 2 is 2.40 bits per heavy atom. The first kappa shape index (κ1) is 13.0. The van der Waals surface area contributed by atoms with Gasteiger partial charge >= 0.3 is 0 Å². The summed E-state index contributed by atoms with van der Waals surface area (Å²) >= 11 is 0. The van der Waals surface area contributed by atoms with Gasteiger partial charge in [-0.2, -0.15) is 0 Å². The normalized spacial score (nSPS) is 16.8. The van der Waals surface area contributed by atoms with E-state index in [2.05, 4.69) is 23.3 Å². The average Bonchev–Trinajstić information content (AvgIpc) is 3.04. The number of imidazole rings is 1. The molecule has 1 aromatic heterocycles. The molecule has 2 heterocycles. The largest absolute Gasteiger partial charge is 0.491 e. The van der Waals surface area contributed by atoms with Crippen LogP contribution in [0.25, 0.3) is 0 Å². The van der Waals surface area contributed by atoms with E-state index in [9.17, 15) is 0 Å². The maximum atomic E-state index is 5.77. The fourth-order valence-corrected chi connectivity index (χ4v) is 2.38. The summed E-state index contributed by atoms with van der Waals surface area (Å²) in [6.07, 6.45) is 3.68. The van der Waals surface area contributed by atoms with E-state index < -0.39 is 0 Å². The number of benzene rings is 1. The summed E-state index contributed by atoms with van der Waals surface area (Å²) in [4.78, 5) is 4.24. The van der Waals surface area contributed by atoms with Gasteiger partial charge in [0.05, 0.1) is 6.04 Å². The van der Waals surface area contributed by atoms with Gasteiger partial charge in [0.1, 0.15) is 30.5 Å². The van der Waals surface area contributed by atoms with Gasteiger partial charge in [0.2, 0.25) is 0 Å². The van der Waals surface area contributed by atoms with Crippen molar-refractivity contribution < 1.29 is 9.47 Å². The third-order valence-electron chi connectivity index (χ3n) is 3.51. The van der Waals surface area contributed by atoms with Crippen molar-refractivity contribution in [3.8, 4) is 11.5 Å². The molecule has 1 atom stereocenters. The van der Waals surface area contributed by atoms with Crippen molar-refractivity contribution in [2.45, 2.75) is 19.6 Å². The predicted molar refractivity (Wildman–Crippen MR) is 75.9 cm³/mol. The van der Waals surface area contributed by atoms with E-state index in [4.69, 9.17) is 9.47 Å². The quantitative estimate of drug-likeness (QED) is 0.905. The van der Waals surface area contributed by atoms with Crippen LogP contribution in [0, 0.1) is 0 Å². The van der Waals surface area contributed by atoms with Gasteiger partial charge in [-0.05, 0) is 18.7 Å². The first-order valence-electron chi connectivity index (χ1n) is 6.87. The van der Waals surface area contributed by atoms with Crippen LogP contribution in [0.15, 0.2) is 30.6 Å². The summed E-state index contributed by atoms with van der Waals surface area (Å²) in [6, 6.07) is 6.30. The summed E-state index contributed by atoms with van der Waals surface area (Å²) in [5, 5.41) is 3.40. The minimum Gasteiger partial charge on any atom is -0.491 e. The van der Waals surface area contributed by atoms with E-state index >= 15 is 0 Å². The molecule has 1 unspecified atom stereocenters. The Morgan fingerprint density at radius 1 is 1.50 bits per heavy atom. The number of rotatable bonds is 5. The first-order chi connectivity index (χ1) is 9.78. The lowest BCUT2D eigenvalue weighted by Crippen LogP contribution is -2.21. The molecule has 0 amide bonds. The van der Waals surface area contributed by atoms with Crippen LogP contribution in [0.3, 0.4) is 0 Å². The number of likely N-dealkylation sites (N-methyl/N-ethyl adjacent to an activating group) is 1. The lowest BCUT2D eigenvalue weighted by Gasteiger charge is -2.10. The molecule has 1 aliphatic rings. The van der Waals surface area contributed by atoms with Gasteiger partial charge in [-0.25, -0.2) is 4.98 Å². The molecule has 0 saturated carbocycles. The molecule has 5 heteroatoms. The zero-order valence-electron chi connectivity index (χ0n) is 11.8. The maximum absolute atomic E-state index is 5.77. The Labute approximate surface area is 118 Å².